The number of carboxylic acid groups (broad SMARTS) is 1. The molecule has 7 nitrogen and oxygen atoms in total. The minimum atomic E-state index is -0.800. The smallest absolute Gasteiger partial charge is 0.311 e. The van der Waals surface area contributed by atoms with E-state index in [0.29, 0.717) is 30.8 Å². The highest BCUT2D eigenvalue weighted by Crippen LogP contribution is 2.41. The number of aliphatic carboxylic acids is 1. The third-order valence-corrected chi connectivity index (χ3v) is 3.63. The number of aromatic nitrogens is 1. The van der Waals surface area contributed by atoms with Crippen molar-refractivity contribution in [2.24, 2.45) is 5.41 Å². The molecule has 19 heavy (non-hydrogen) atoms. The van der Waals surface area contributed by atoms with E-state index in [-0.39, 0.29) is 5.69 Å². The van der Waals surface area contributed by atoms with Gasteiger partial charge in [0.25, 0.3) is 5.69 Å². The van der Waals surface area contributed by atoms with Gasteiger partial charge in [0, 0.05) is 12.6 Å². The summed E-state index contributed by atoms with van der Waals surface area (Å²) in [5.41, 5.74) is -0.149. The standard InChI is InChI=1S/C12H15N3O4/c1-8-5-9(15(18)19)6-13-10(8)14-7-12(11(16)17)3-2-4-12/h5-6H,2-4,7H2,1H3,(H,13,14)(H,16,17). The van der Waals surface area contributed by atoms with Gasteiger partial charge >= 0.3 is 5.97 Å². The number of nitro groups is 1. The molecule has 1 aliphatic carbocycles. The van der Waals surface area contributed by atoms with Crippen LogP contribution in [0.15, 0.2) is 12.3 Å². The zero-order valence-corrected chi connectivity index (χ0v) is 10.5. The summed E-state index contributed by atoms with van der Waals surface area (Å²) in [5.74, 6) is -0.302. The fourth-order valence-electron chi connectivity index (χ4n) is 2.17. The molecule has 0 spiro atoms. The number of hydrogen-bond acceptors (Lipinski definition) is 5. The Hall–Kier alpha value is -2.18. The van der Waals surface area contributed by atoms with E-state index in [1.807, 2.05) is 0 Å². The summed E-state index contributed by atoms with van der Waals surface area (Å²) < 4.78 is 0. The Morgan fingerprint density at radius 2 is 2.32 bits per heavy atom. The molecule has 2 rings (SSSR count). The van der Waals surface area contributed by atoms with Gasteiger partial charge in [0.2, 0.25) is 0 Å². The molecule has 0 bridgehead atoms. The van der Waals surface area contributed by atoms with Crippen LogP contribution in [-0.2, 0) is 4.79 Å². The summed E-state index contributed by atoms with van der Waals surface area (Å²) in [6.45, 7) is 2.00. The van der Waals surface area contributed by atoms with Crippen molar-refractivity contribution in [1.29, 1.82) is 0 Å². The van der Waals surface area contributed by atoms with Crippen molar-refractivity contribution < 1.29 is 14.8 Å². The van der Waals surface area contributed by atoms with Crippen LogP contribution in [0.3, 0.4) is 0 Å². The lowest BCUT2D eigenvalue weighted by molar-refractivity contribution is -0.385. The molecule has 0 amide bonds. The zero-order valence-electron chi connectivity index (χ0n) is 10.5. The molecule has 0 unspecified atom stereocenters. The van der Waals surface area contributed by atoms with Gasteiger partial charge in [0.05, 0.1) is 10.3 Å². The number of anilines is 1. The van der Waals surface area contributed by atoms with Crippen LogP contribution in [0, 0.1) is 22.5 Å². The molecule has 0 saturated heterocycles. The lowest BCUT2D eigenvalue weighted by Crippen LogP contribution is -2.43. The monoisotopic (exact) mass is 265 g/mol. The van der Waals surface area contributed by atoms with Crippen molar-refractivity contribution in [3.05, 3.63) is 27.9 Å². The van der Waals surface area contributed by atoms with Crippen LogP contribution in [0.25, 0.3) is 0 Å². The molecule has 0 radical (unpaired) electrons. The maximum Gasteiger partial charge on any atom is 0.311 e. The Labute approximate surface area is 109 Å². The van der Waals surface area contributed by atoms with E-state index < -0.39 is 16.3 Å². The Bertz CT molecular complexity index is 526. The Morgan fingerprint density at radius 1 is 1.63 bits per heavy atom. The van der Waals surface area contributed by atoms with Crippen molar-refractivity contribution in [2.75, 3.05) is 11.9 Å². The number of nitrogens with zero attached hydrogens (tertiary/aromatic N) is 2. The largest absolute Gasteiger partial charge is 0.481 e. The van der Waals surface area contributed by atoms with Crippen LogP contribution in [0.4, 0.5) is 11.5 Å². The van der Waals surface area contributed by atoms with Crippen molar-refractivity contribution in [2.45, 2.75) is 26.2 Å². The van der Waals surface area contributed by atoms with E-state index in [0.717, 1.165) is 6.42 Å². The van der Waals surface area contributed by atoms with Gasteiger partial charge in [-0.25, -0.2) is 4.98 Å². The summed E-state index contributed by atoms with van der Waals surface area (Å²) in [5, 5.41) is 22.8. The van der Waals surface area contributed by atoms with Gasteiger partial charge in [-0.05, 0) is 25.3 Å². The van der Waals surface area contributed by atoms with Crippen LogP contribution >= 0.6 is 0 Å². The third kappa shape index (κ3) is 2.49. The van der Waals surface area contributed by atoms with E-state index in [9.17, 15) is 20.0 Å². The number of aryl methyl sites for hydroxylation is 1. The van der Waals surface area contributed by atoms with Gasteiger partial charge in [0.1, 0.15) is 12.0 Å². The number of rotatable bonds is 5. The summed E-state index contributed by atoms with van der Waals surface area (Å²) in [4.78, 5) is 25.3. The lowest BCUT2D eigenvalue weighted by Gasteiger charge is -2.37. The second kappa shape index (κ2) is 4.83. The highest BCUT2D eigenvalue weighted by Gasteiger charge is 2.44. The van der Waals surface area contributed by atoms with Gasteiger partial charge in [0.15, 0.2) is 0 Å². The van der Waals surface area contributed by atoms with Gasteiger partial charge in [-0.2, -0.15) is 0 Å². The van der Waals surface area contributed by atoms with E-state index in [1.54, 1.807) is 6.92 Å². The summed E-state index contributed by atoms with van der Waals surface area (Å²) >= 11 is 0. The number of pyridine rings is 1. The van der Waals surface area contributed by atoms with Crippen molar-refractivity contribution in [1.82, 2.24) is 4.98 Å². The first-order valence-corrected chi connectivity index (χ1v) is 6.03. The molecule has 102 valence electrons. The molecule has 1 aliphatic rings. The lowest BCUT2D eigenvalue weighted by atomic mass is 9.69. The van der Waals surface area contributed by atoms with Gasteiger partial charge in [-0.1, -0.05) is 6.42 Å². The molecule has 0 aromatic carbocycles. The van der Waals surface area contributed by atoms with Crippen LogP contribution in [0.5, 0.6) is 0 Å². The third-order valence-electron chi connectivity index (χ3n) is 3.63. The highest BCUT2D eigenvalue weighted by molar-refractivity contribution is 5.76. The second-order valence-electron chi connectivity index (χ2n) is 4.91. The van der Waals surface area contributed by atoms with Crippen LogP contribution < -0.4 is 5.32 Å². The van der Waals surface area contributed by atoms with E-state index >= 15 is 0 Å². The molecule has 1 heterocycles. The topological polar surface area (TPSA) is 105 Å². The SMILES string of the molecule is Cc1cc([N+](=O)[O-])cnc1NCC1(C(=O)O)CCC1. The van der Waals surface area contributed by atoms with Crippen molar-refractivity contribution in [3.8, 4) is 0 Å². The Balaban J connectivity index is 2.08. The first-order chi connectivity index (χ1) is 8.94. The van der Waals surface area contributed by atoms with E-state index in [2.05, 4.69) is 10.3 Å². The van der Waals surface area contributed by atoms with Crippen LogP contribution in [-0.4, -0.2) is 27.5 Å². The van der Waals surface area contributed by atoms with Gasteiger partial charge < -0.3 is 10.4 Å². The summed E-state index contributed by atoms with van der Waals surface area (Å²) in [6.07, 6.45) is 3.40. The van der Waals surface area contributed by atoms with E-state index in [4.69, 9.17) is 0 Å². The fourth-order valence-corrected chi connectivity index (χ4v) is 2.17. The van der Waals surface area contributed by atoms with E-state index in [1.165, 1.54) is 12.3 Å². The van der Waals surface area contributed by atoms with Crippen LogP contribution in [0.2, 0.25) is 0 Å². The molecule has 0 aliphatic heterocycles. The molecule has 1 aromatic rings. The predicted molar refractivity (Wildman–Crippen MR) is 68.0 cm³/mol. The second-order valence-corrected chi connectivity index (χ2v) is 4.91. The number of carbonyl (C=O) groups is 1. The predicted octanol–water partition coefficient (Wildman–Crippen LogP) is 1.97. The first-order valence-electron chi connectivity index (χ1n) is 6.03. The minimum Gasteiger partial charge on any atom is -0.481 e. The Kier molecular flexibility index (Phi) is 3.37. The highest BCUT2D eigenvalue weighted by atomic mass is 16.6. The fraction of sp³-hybridized carbons (Fsp3) is 0.500. The average Bonchev–Trinajstić information content (AvgIpc) is 2.28. The molecular formula is C12H15N3O4. The molecule has 1 fully saturated rings. The van der Waals surface area contributed by atoms with Crippen molar-refractivity contribution >= 4 is 17.5 Å². The molecule has 1 aromatic heterocycles. The van der Waals surface area contributed by atoms with Crippen molar-refractivity contribution in [3.63, 3.8) is 0 Å². The zero-order chi connectivity index (χ0) is 14.0. The number of hydrogen-bond donors (Lipinski definition) is 2. The van der Waals surface area contributed by atoms with Gasteiger partial charge in [-0.3, -0.25) is 14.9 Å². The molecule has 2 N–H and O–H groups in total. The summed E-state index contributed by atoms with van der Waals surface area (Å²) in [6, 6.07) is 1.42. The molecule has 1 saturated carbocycles. The van der Waals surface area contributed by atoms with Crippen LogP contribution in [0.1, 0.15) is 24.8 Å². The normalized spacial score (nSPS) is 16.5. The van der Waals surface area contributed by atoms with Gasteiger partial charge in [-0.15, -0.1) is 0 Å². The average molecular weight is 265 g/mol. The first kappa shape index (κ1) is 13.3. The number of nitrogens with one attached hydrogen (secondary N) is 1. The summed E-state index contributed by atoms with van der Waals surface area (Å²) in [7, 11) is 0. The maximum atomic E-state index is 11.2. The molecular weight excluding hydrogens is 250 g/mol. The number of carboxylic acids is 1. The Morgan fingerprint density at radius 3 is 2.74 bits per heavy atom. The molecule has 0 atom stereocenters. The molecule has 7 heteroatoms. The quantitative estimate of drug-likeness (QED) is 0.622. The minimum absolute atomic E-state index is 0.0698. The maximum absolute atomic E-state index is 11.2.